The summed E-state index contributed by atoms with van der Waals surface area (Å²) in [6.45, 7) is 1.08. The maximum absolute atomic E-state index is 12.8. The van der Waals surface area contributed by atoms with E-state index in [4.69, 9.17) is 16.3 Å². The molecule has 144 valence electrons. The van der Waals surface area contributed by atoms with Gasteiger partial charge in [-0.25, -0.2) is 9.67 Å². The zero-order valence-electron chi connectivity index (χ0n) is 15.4. The number of fused-ring (bicyclic) bond motifs is 1. The summed E-state index contributed by atoms with van der Waals surface area (Å²) in [6, 6.07) is 11.2. The highest BCUT2D eigenvalue weighted by Crippen LogP contribution is 2.30. The third-order valence-corrected chi connectivity index (χ3v) is 4.97. The van der Waals surface area contributed by atoms with Crippen LogP contribution in [0.4, 0.5) is 11.4 Å². The Morgan fingerprint density at radius 3 is 2.89 bits per heavy atom. The molecule has 2 heterocycles. The van der Waals surface area contributed by atoms with E-state index >= 15 is 0 Å². The lowest BCUT2D eigenvalue weighted by molar-refractivity contribution is -0.115. The molecular formula is C20H20ClN5O2. The van der Waals surface area contributed by atoms with Crippen LogP contribution >= 0.6 is 11.6 Å². The molecule has 7 nitrogen and oxygen atoms in total. The largest absolute Gasteiger partial charge is 0.497 e. The van der Waals surface area contributed by atoms with E-state index < -0.39 is 0 Å². The number of rotatable bonds is 5. The summed E-state index contributed by atoms with van der Waals surface area (Å²) in [5.74, 6) is 0.716. The van der Waals surface area contributed by atoms with E-state index in [1.807, 2.05) is 18.2 Å². The van der Waals surface area contributed by atoms with Gasteiger partial charge in [0.15, 0.2) is 0 Å². The Kier molecular flexibility index (Phi) is 5.16. The minimum Gasteiger partial charge on any atom is -0.497 e. The summed E-state index contributed by atoms with van der Waals surface area (Å²) in [7, 11) is 1.66. The van der Waals surface area contributed by atoms with Crippen LogP contribution in [0.1, 0.15) is 12.0 Å². The predicted molar refractivity (Wildman–Crippen MR) is 109 cm³/mol. The van der Waals surface area contributed by atoms with Crippen molar-refractivity contribution in [3.05, 3.63) is 59.6 Å². The number of anilines is 2. The standard InChI is InChI=1S/C20H20ClN5O2/c1-28-16-5-7-18-14(9-16)3-2-8-25(18)11-20(27)24-17-10-15(21)4-6-19(17)26-13-22-12-23-26/h4-7,9-10,12-13H,2-3,8,11H2,1H3,(H,24,27). The highest BCUT2D eigenvalue weighted by molar-refractivity contribution is 6.31. The predicted octanol–water partition coefficient (Wildman–Crippen LogP) is 3.32. The van der Waals surface area contributed by atoms with E-state index in [2.05, 4.69) is 20.3 Å². The van der Waals surface area contributed by atoms with Crippen molar-refractivity contribution in [3.8, 4) is 11.4 Å². The van der Waals surface area contributed by atoms with Crippen LogP contribution in [-0.4, -0.2) is 40.9 Å². The van der Waals surface area contributed by atoms with E-state index in [9.17, 15) is 4.79 Å². The third-order valence-electron chi connectivity index (χ3n) is 4.73. The van der Waals surface area contributed by atoms with Gasteiger partial charge in [-0.2, -0.15) is 5.10 Å². The molecule has 28 heavy (non-hydrogen) atoms. The van der Waals surface area contributed by atoms with Crippen LogP contribution < -0.4 is 15.0 Å². The molecule has 1 N–H and O–H groups in total. The number of methoxy groups -OCH3 is 1. The van der Waals surface area contributed by atoms with Gasteiger partial charge in [-0.1, -0.05) is 11.6 Å². The van der Waals surface area contributed by atoms with E-state index in [0.717, 1.165) is 30.8 Å². The number of aromatic nitrogens is 3. The number of halogens is 1. The first kappa shape index (κ1) is 18.3. The molecule has 3 aromatic rings. The molecule has 4 rings (SSSR count). The number of aryl methyl sites for hydroxylation is 1. The van der Waals surface area contributed by atoms with E-state index in [-0.39, 0.29) is 12.5 Å². The Hall–Kier alpha value is -3.06. The van der Waals surface area contributed by atoms with Crippen molar-refractivity contribution >= 4 is 28.9 Å². The molecule has 1 aliphatic heterocycles. The molecule has 1 aliphatic rings. The lowest BCUT2D eigenvalue weighted by Gasteiger charge is -2.31. The molecule has 0 unspecified atom stereocenters. The van der Waals surface area contributed by atoms with Gasteiger partial charge in [0.2, 0.25) is 5.91 Å². The zero-order chi connectivity index (χ0) is 19.5. The van der Waals surface area contributed by atoms with Crippen molar-refractivity contribution in [2.24, 2.45) is 0 Å². The van der Waals surface area contributed by atoms with Gasteiger partial charge in [-0.3, -0.25) is 4.79 Å². The van der Waals surface area contributed by atoms with Crippen LogP contribution in [-0.2, 0) is 11.2 Å². The Morgan fingerprint density at radius 2 is 2.11 bits per heavy atom. The van der Waals surface area contributed by atoms with Crippen molar-refractivity contribution in [3.63, 3.8) is 0 Å². The second-order valence-electron chi connectivity index (χ2n) is 6.57. The van der Waals surface area contributed by atoms with Crippen molar-refractivity contribution in [2.45, 2.75) is 12.8 Å². The average Bonchev–Trinajstić information content (AvgIpc) is 3.22. The molecule has 2 aromatic carbocycles. The maximum Gasteiger partial charge on any atom is 0.243 e. The first-order valence-electron chi connectivity index (χ1n) is 9.00. The number of benzene rings is 2. The summed E-state index contributed by atoms with van der Waals surface area (Å²) in [5.41, 5.74) is 3.57. The summed E-state index contributed by atoms with van der Waals surface area (Å²) in [6.07, 6.45) is 5.00. The quantitative estimate of drug-likeness (QED) is 0.715. The van der Waals surface area contributed by atoms with Crippen molar-refractivity contribution in [1.29, 1.82) is 0 Å². The fraction of sp³-hybridized carbons (Fsp3) is 0.250. The molecule has 0 saturated carbocycles. The Labute approximate surface area is 167 Å². The SMILES string of the molecule is COc1ccc2c(c1)CCCN2CC(=O)Nc1cc(Cl)ccc1-n1cncn1. The number of amides is 1. The van der Waals surface area contributed by atoms with Gasteiger partial charge in [0.05, 0.1) is 25.0 Å². The van der Waals surface area contributed by atoms with Crippen LogP contribution in [0.3, 0.4) is 0 Å². The lowest BCUT2D eigenvalue weighted by Crippen LogP contribution is -2.37. The second kappa shape index (κ2) is 7.90. The van der Waals surface area contributed by atoms with Crippen molar-refractivity contribution in [2.75, 3.05) is 30.4 Å². The first-order valence-corrected chi connectivity index (χ1v) is 9.38. The van der Waals surface area contributed by atoms with Gasteiger partial charge in [0.25, 0.3) is 0 Å². The molecule has 1 amide bonds. The van der Waals surface area contributed by atoms with Crippen LogP contribution in [0, 0.1) is 0 Å². The molecule has 0 fully saturated rings. The average molecular weight is 398 g/mol. The topological polar surface area (TPSA) is 72.3 Å². The Balaban J connectivity index is 1.53. The van der Waals surface area contributed by atoms with Gasteiger partial charge < -0.3 is 15.0 Å². The van der Waals surface area contributed by atoms with Crippen LogP contribution in [0.5, 0.6) is 5.75 Å². The number of hydrogen-bond acceptors (Lipinski definition) is 5. The second-order valence-corrected chi connectivity index (χ2v) is 7.01. The zero-order valence-corrected chi connectivity index (χ0v) is 16.2. The molecule has 8 heteroatoms. The van der Waals surface area contributed by atoms with Gasteiger partial charge in [0.1, 0.15) is 18.4 Å². The molecular weight excluding hydrogens is 378 g/mol. The fourth-order valence-corrected chi connectivity index (χ4v) is 3.62. The van der Waals surface area contributed by atoms with Crippen molar-refractivity contribution in [1.82, 2.24) is 14.8 Å². The van der Waals surface area contributed by atoms with E-state index in [1.54, 1.807) is 36.3 Å². The van der Waals surface area contributed by atoms with Crippen molar-refractivity contribution < 1.29 is 9.53 Å². The van der Waals surface area contributed by atoms with Crippen LogP contribution in [0.15, 0.2) is 49.1 Å². The summed E-state index contributed by atoms with van der Waals surface area (Å²) in [5, 5.41) is 7.63. The van der Waals surface area contributed by atoms with Gasteiger partial charge in [-0.15, -0.1) is 0 Å². The van der Waals surface area contributed by atoms with Crippen LogP contribution in [0.25, 0.3) is 5.69 Å². The Bertz CT molecular complexity index is 990. The molecule has 0 radical (unpaired) electrons. The van der Waals surface area contributed by atoms with Gasteiger partial charge in [-0.05, 0) is 54.8 Å². The normalized spacial score (nSPS) is 13.1. The summed E-state index contributed by atoms with van der Waals surface area (Å²) < 4.78 is 6.90. The highest BCUT2D eigenvalue weighted by Gasteiger charge is 2.20. The fourth-order valence-electron chi connectivity index (χ4n) is 3.45. The number of ether oxygens (including phenoxy) is 1. The summed E-state index contributed by atoms with van der Waals surface area (Å²) >= 11 is 6.13. The number of carbonyl (C=O) groups is 1. The number of carbonyl (C=O) groups excluding carboxylic acids is 1. The molecule has 0 atom stereocenters. The van der Waals surface area contributed by atoms with Gasteiger partial charge >= 0.3 is 0 Å². The van der Waals surface area contributed by atoms with Crippen LogP contribution in [0.2, 0.25) is 5.02 Å². The van der Waals surface area contributed by atoms with E-state index in [0.29, 0.717) is 16.4 Å². The molecule has 0 saturated heterocycles. The minimum absolute atomic E-state index is 0.118. The molecule has 0 spiro atoms. The lowest BCUT2D eigenvalue weighted by atomic mass is 10.0. The summed E-state index contributed by atoms with van der Waals surface area (Å²) in [4.78, 5) is 18.8. The molecule has 1 aromatic heterocycles. The third kappa shape index (κ3) is 3.80. The number of nitrogens with zero attached hydrogens (tertiary/aromatic N) is 4. The maximum atomic E-state index is 12.8. The first-order chi connectivity index (χ1) is 13.6. The molecule has 0 bridgehead atoms. The monoisotopic (exact) mass is 397 g/mol. The number of hydrogen-bond donors (Lipinski definition) is 1. The minimum atomic E-state index is -0.118. The number of nitrogens with one attached hydrogen (secondary N) is 1. The molecule has 0 aliphatic carbocycles. The Morgan fingerprint density at radius 1 is 1.25 bits per heavy atom. The van der Waals surface area contributed by atoms with Gasteiger partial charge in [0, 0.05) is 17.3 Å². The smallest absolute Gasteiger partial charge is 0.243 e. The van der Waals surface area contributed by atoms with E-state index in [1.165, 1.54) is 11.9 Å². The highest BCUT2D eigenvalue weighted by atomic mass is 35.5.